The van der Waals surface area contributed by atoms with Gasteiger partial charge in [-0.15, -0.1) is 10.2 Å². The summed E-state index contributed by atoms with van der Waals surface area (Å²) in [5, 5.41) is 7.95. The zero-order valence-corrected chi connectivity index (χ0v) is 11.7. The van der Waals surface area contributed by atoms with E-state index >= 15 is 0 Å². The average molecular weight is 281 g/mol. The molecule has 4 nitrogen and oxygen atoms in total. The summed E-state index contributed by atoms with van der Waals surface area (Å²) in [5.41, 5.74) is 6.81. The molecule has 102 valence electrons. The lowest BCUT2D eigenvalue weighted by atomic mass is 10.0. The second kappa shape index (κ2) is 6.16. The van der Waals surface area contributed by atoms with Gasteiger partial charge in [0, 0.05) is 13.0 Å². The van der Waals surface area contributed by atoms with Crippen LogP contribution in [0.5, 0.6) is 0 Å². The fourth-order valence-electron chi connectivity index (χ4n) is 1.66. The molecule has 6 heteroatoms. The van der Waals surface area contributed by atoms with Gasteiger partial charge in [-0.25, -0.2) is 4.39 Å². The van der Waals surface area contributed by atoms with Gasteiger partial charge in [-0.3, -0.25) is 0 Å². The van der Waals surface area contributed by atoms with Gasteiger partial charge in [0.05, 0.1) is 4.90 Å². The van der Waals surface area contributed by atoms with Crippen LogP contribution in [0.4, 0.5) is 4.39 Å². The van der Waals surface area contributed by atoms with Crippen molar-refractivity contribution in [2.45, 2.75) is 42.8 Å². The highest BCUT2D eigenvalue weighted by molar-refractivity contribution is 7.99. The van der Waals surface area contributed by atoms with Crippen LogP contribution < -0.4 is 5.73 Å². The van der Waals surface area contributed by atoms with Crippen LogP contribution in [-0.2, 0) is 6.42 Å². The van der Waals surface area contributed by atoms with Gasteiger partial charge >= 0.3 is 0 Å². The average Bonchev–Trinajstić information content (AvgIpc) is 2.79. The van der Waals surface area contributed by atoms with Gasteiger partial charge in [-0.1, -0.05) is 19.1 Å². The first-order valence-electron chi connectivity index (χ1n) is 6.11. The standard InChI is InChI=1S/C13H16FN3OS/c1-3-10(15)7-9-5-4-6-11(14)12(9)19-13-17-16-8(2)18-13/h4-6,10H,3,7,15H2,1-2H3. The van der Waals surface area contributed by atoms with E-state index in [4.69, 9.17) is 10.2 Å². The molecule has 1 aromatic carbocycles. The lowest BCUT2D eigenvalue weighted by Crippen LogP contribution is -2.21. The van der Waals surface area contributed by atoms with Crippen molar-refractivity contribution < 1.29 is 8.81 Å². The minimum atomic E-state index is -0.290. The second-order valence-electron chi connectivity index (χ2n) is 4.29. The maximum Gasteiger partial charge on any atom is 0.281 e. The molecule has 0 radical (unpaired) electrons. The Labute approximate surface area is 115 Å². The first kappa shape index (κ1) is 14.0. The van der Waals surface area contributed by atoms with Crippen molar-refractivity contribution in [1.82, 2.24) is 10.2 Å². The zero-order chi connectivity index (χ0) is 13.8. The summed E-state index contributed by atoms with van der Waals surface area (Å²) in [7, 11) is 0. The Kier molecular flexibility index (Phi) is 4.55. The SMILES string of the molecule is CCC(N)Cc1cccc(F)c1Sc1nnc(C)o1. The molecule has 2 N–H and O–H groups in total. The molecule has 1 unspecified atom stereocenters. The van der Waals surface area contributed by atoms with Crippen LogP contribution in [0.25, 0.3) is 0 Å². The molecule has 0 fully saturated rings. The molecule has 19 heavy (non-hydrogen) atoms. The van der Waals surface area contributed by atoms with Gasteiger partial charge in [0.15, 0.2) is 0 Å². The van der Waals surface area contributed by atoms with E-state index in [0.29, 0.717) is 22.4 Å². The van der Waals surface area contributed by atoms with Crippen molar-refractivity contribution in [3.05, 3.63) is 35.5 Å². The maximum atomic E-state index is 13.9. The van der Waals surface area contributed by atoms with E-state index in [2.05, 4.69) is 10.2 Å². The number of rotatable bonds is 5. The highest BCUT2D eigenvalue weighted by Crippen LogP contribution is 2.32. The third-order valence-electron chi connectivity index (χ3n) is 2.75. The van der Waals surface area contributed by atoms with Crippen molar-refractivity contribution >= 4 is 11.8 Å². The van der Waals surface area contributed by atoms with Crippen molar-refractivity contribution in [2.24, 2.45) is 5.73 Å². The minimum absolute atomic E-state index is 0.0190. The normalized spacial score (nSPS) is 12.6. The number of nitrogens with two attached hydrogens (primary N) is 1. The quantitative estimate of drug-likeness (QED) is 0.912. The summed E-state index contributed by atoms with van der Waals surface area (Å²) in [6, 6.07) is 5.01. The first-order valence-corrected chi connectivity index (χ1v) is 6.92. The largest absolute Gasteiger partial charge is 0.416 e. The summed E-state index contributed by atoms with van der Waals surface area (Å²) >= 11 is 1.14. The van der Waals surface area contributed by atoms with Crippen LogP contribution >= 0.6 is 11.8 Å². The predicted octanol–water partition coefficient (Wildman–Crippen LogP) is 2.95. The Morgan fingerprint density at radius 3 is 2.84 bits per heavy atom. The number of benzene rings is 1. The van der Waals surface area contributed by atoms with Crippen LogP contribution in [0, 0.1) is 12.7 Å². The molecule has 2 aromatic rings. The van der Waals surface area contributed by atoms with Gasteiger partial charge in [-0.05, 0) is 36.2 Å². The summed E-state index contributed by atoms with van der Waals surface area (Å²) in [6.45, 7) is 3.71. The van der Waals surface area contributed by atoms with Crippen LogP contribution in [0.3, 0.4) is 0 Å². The molecule has 1 atom stereocenters. The topological polar surface area (TPSA) is 64.9 Å². The number of hydrogen-bond donors (Lipinski definition) is 1. The van der Waals surface area contributed by atoms with Crippen molar-refractivity contribution in [3.63, 3.8) is 0 Å². The van der Waals surface area contributed by atoms with Crippen LogP contribution in [0.1, 0.15) is 24.8 Å². The van der Waals surface area contributed by atoms with E-state index < -0.39 is 0 Å². The van der Waals surface area contributed by atoms with E-state index in [1.54, 1.807) is 13.0 Å². The Morgan fingerprint density at radius 2 is 2.21 bits per heavy atom. The van der Waals surface area contributed by atoms with E-state index in [-0.39, 0.29) is 11.9 Å². The van der Waals surface area contributed by atoms with Gasteiger partial charge in [-0.2, -0.15) is 0 Å². The molecule has 0 bridgehead atoms. The van der Waals surface area contributed by atoms with Gasteiger partial charge < -0.3 is 10.2 Å². The van der Waals surface area contributed by atoms with E-state index in [9.17, 15) is 4.39 Å². The lowest BCUT2D eigenvalue weighted by Gasteiger charge is -2.12. The summed E-state index contributed by atoms with van der Waals surface area (Å²) in [5.74, 6) is 0.173. The van der Waals surface area contributed by atoms with Crippen LogP contribution in [0.2, 0.25) is 0 Å². The highest BCUT2D eigenvalue weighted by atomic mass is 32.2. The molecule has 0 aliphatic heterocycles. The first-order chi connectivity index (χ1) is 9.10. The number of halogens is 1. The predicted molar refractivity (Wildman–Crippen MR) is 71.5 cm³/mol. The Hall–Kier alpha value is -1.40. The maximum absolute atomic E-state index is 13.9. The number of aryl methyl sites for hydroxylation is 1. The molecule has 2 rings (SSSR count). The van der Waals surface area contributed by atoms with E-state index in [0.717, 1.165) is 23.7 Å². The van der Waals surface area contributed by atoms with Gasteiger partial charge in [0.25, 0.3) is 5.22 Å². The highest BCUT2D eigenvalue weighted by Gasteiger charge is 2.15. The number of nitrogens with zero attached hydrogens (tertiary/aromatic N) is 2. The molecule has 0 amide bonds. The van der Waals surface area contributed by atoms with Crippen molar-refractivity contribution in [1.29, 1.82) is 0 Å². The second-order valence-corrected chi connectivity index (χ2v) is 5.25. The Balaban J connectivity index is 2.27. The molecule has 0 saturated heterocycles. The van der Waals surface area contributed by atoms with Crippen molar-refractivity contribution in [2.75, 3.05) is 0 Å². The lowest BCUT2D eigenvalue weighted by molar-refractivity contribution is 0.428. The number of hydrogen-bond acceptors (Lipinski definition) is 5. The molecule has 1 aromatic heterocycles. The summed E-state index contributed by atoms with van der Waals surface area (Å²) in [4.78, 5) is 0.509. The minimum Gasteiger partial charge on any atom is -0.416 e. The molecular weight excluding hydrogens is 265 g/mol. The molecular formula is C13H16FN3OS. The van der Waals surface area contributed by atoms with E-state index in [1.807, 2.05) is 13.0 Å². The smallest absolute Gasteiger partial charge is 0.281 e. The third kappa shape index (κ3) is 3.54. The van der Waals surface area contributed by atoms with E-state index in [1.165, 1.54) is 6.07 Å². The van der Waals surface area contributed by atoms with Crippen molar-refractivity contribution in [3.8, 4) is 0 Å². The Morgan fingerprint density at radius 1 is 1.42 bits per heavy atom. The van der Waals surface area contributed by atoms with Crippen LogP contribution in [-0.4, -0.2) is 16.2 Å². The molecule has 0 spiro atoms. The van der Waals surface area contributed by atoms with Gasteiger partial charge in [0.2, 0.25) is 5.89 Å². The monoisotopic (exact) mass is 281 g/mol. The zero-order valence-electron chi connectivity index (χ0n) is 10.9. The number of aromatic nitrogens is 2. The van der Waals surface area contributed by atoms with Gasteiger partial charge in [0.1, 0.15) is 5.82 Å². The molecule has 1 heterocycles. The fraction of sp³-hybridized carbons (Fsp3) is 0.385. The molecule has 0 aliphatic rings. The summed E-state index contributed by atoms with van der Waals surface area (Å²) in [6.07, 6.45) is 1.48. The summed E-state index contributed by atoms with van der Waals surface area (Å²) < 4.78 is 19.2. The molecule has 0 aliphatic carbocycles. The Bertz CT molecular complexity index is 559. The van der Waals surface area contributed by atoms with Crippen LogP contribution in [0.15, 0.2) is 32.7 Å². The third-order valence-corrected chi connectivity index (χ3v) is 3.75. The molecule has 0 saturated carbocycles. The fourth-order valence-corrected chi connectivity index (χ4v) is 2.53.